The smallest absolute Gasteiger partial charge is 0.235 e. The third-order valence-electron chi connectivity index (χ3n) is 19.2. The minimum atomic E-state index is 0.592. The molecule has 0 saturated heterocycles. The molecular formula is C88H56N6. The van der Waals surface area contributed by atoms with Gasteiger partial charge in [0, 0.05) is 71.3 Å². The van der Waals surface area contributed by atoms with Crippen LogP contribution in [0.2, 0.25) is 0 Å². The largest absolute Gasteiger partial charge is 0.309 e. The number of aromatic nitrogens is 6. The molecule has 19 aromatic rings. The van der Waals surface area contributed by atoms with Gasteiger partial charge in [0.1, 0.15) is 0 Å². The summed E-state index contributed by atoms with van der Waals surface area (Å²) in [4.78, 5) is 11.3. The topological polar surface area (TPSA) is 45.5 Å². The number of benzene rings is 14. The minimum absolute atomic E-state index is 0.592. The van der Waals surface area contributed by atoms with E-state index >= 15 is 0 Å². The number of para-hydroxylation sites is 6. The van der Waals surface area contributed by atoms with Gasteiger partial charge in [0.2, 0.25) is 5.95 Å². The molecule has 0 radical (unpaired) electrons. The summed E-state index contributed by atoms with van der Waals surface area (Å²) in [7, 11) is 0. The van der Waals surface area contributed by atoms with Crippen LogP contribution >= 0.6 is 0 Å². The van der Waals surface area contributed by atoms with Gasteiger partial charge in [0.25, 0.3) is 0 Å². The molecule has 19 rings (SSSR count). The lowest BCUT2D eigenvalue weighted by Gasteiger charge is -2.15. The van der Waals surface area contributed by atoms with Gasteiger partial charge in [-0.25, -0.2) is 9.97 Å². The number of hydrogen-bond donors (Lipinski definition) is 0. The fourth-order valence-electron chi connectivity index (χ4n) is 14.8. The summed E-state index contributed by atoms with van der Waals surface area (Å²) in [5.41, 5.74) is 25.2. The molecule has 6 nitrogen and oxygen atoms in total. The highest BCUT2D eigenvalue weighted by atomic mass is 15.2. The Bertz CT molecular complexity index is 6140. The minimum Gasteiger partial charge on any atom is -0.309 e. The Kier molecular flexibility index (Phi) is 12.2. The lowest BCUT2D eigenvalue weighted by atomic mass is 9.94. The molecule has 0 aliphatic carbocycles. The van der Waals surface area contributed by atoms with Crippen LogP contribution in [0.25, 0.3) is 177 Å². The number of fused-ring (bicyclic) bond motifs is 12. The summed E-state index contributed by atoms with van der Waals surface area (Å²) in [6.07, 6.45) is 0. The van der Waals surface area contributed by atoms with E-state index in [1.54, 1.807) is 0 Å². The first-order chi connectivity index (χ1) is 46.6. The Morgan fingerprint density at radius 2 is 0.468 bits per heavy atom. The van der Waals surface area contributed by atoms with Crippen molar-refractivity contribution in [2.24, 2.45) is 0 Å². The highest BCUT2D eigenvalue weighted by Gasteiger charge is 2.22. The van der Waals surface area contributed by atoms with E-state index < -0.39 is 0 Å². The van der Waals surface area contributed by atoms with Gasteiger partial charge in [-0.15, -0.1) is 0 Å². The summed E-state index contributed by atoms with van der Waals surface area (Å²) in [6.45, 7) is 0. The van der Waals surface area contributed by atoms with Crippen LogP contribution in [0.5, 0.6) is 0 Å². The summed E-state index contributed by atoms with van der Waals surface area (Å²) in [6, 6.07) is 123. The second kappa shape index (κ2) is 21.5. The van der Waals surface area contributed by atoms with Gasteiger partial charge in [0.15, 0.2) is 0 Å². The maximum atomic E-state index is 5.66. The van der Waals surface area contributed by atoms with E-state index in [-0.39, 0.29) is 0 Å². The molecule has 5 heterocycles. The lowest BCUT2D eigenvalue weighted by molar-refractivity contribution is 0.995. The van der Waals surface area contributed by atoms with Crippen molar-refractivity contribution in [3.05, 3.63) is 340 Å². The summed E-state index contributed by atoms with van der Waals surface area (Å²) in [5, 5.41) is 9.57. The van der Waals surface area contributed by atoms with Crippen LogP contribution in [0.3, 0.4) is 0 Å². The second-order valence-electron chi connectivity index (χ2n) is 24.5. The maximum Gasteiger partial charge on any atom is 0.235 e. The Hall–Kier alpha value is -12.6. The molecule has 0 aliphatic heterocycles. The quantitative estimate of drug-likeness (QED) is 0.137. The number of nitrogens with zero attached hydrogens (tertiary/aromatic N) is 6. The highest BCUT2D eigenvalue weighted by Crippen LogP contribution is 2.43. The third-order valence-corrected chi connectivity index (χ3v) is 19.2. The first-order valence-electron chi connectivity index (χ1n) is 32.1. The lowest BCUT2D eigenvalue weighted by Crippen LogP contribution is -2.04. The molecule has 5 aromatic heterocycles. The molecule has 94 heavy (non-hydrogen) atoms. The Balaban J connectivity index is 0.765. The molecule has 0 aliphatic rings. The van der Waals surface area contributed by atoms with Gasteiger partial charge >= 0.3 is 0 Å². The van der Waals surface area contributed by atoms with Crippen molar-refractivity contribution in [3.63, 3.8) is 0 Å². The van der Waals surface area contributed by atoms with E-state index in [1.807, 2.05) is 0 Å². The van der Waals surface area contributed by atoms with E-state index in [4.69, 9.17) is 9.97 Å². The second-order valence-corrected chi connectivity index (χ2v) is 24.5. The highest BCUT2D eigenvalue weighted by molar-refractivity contribution is 6.15. The SMILES string of the molecule is c1ccc(-c2cc(-c3ccccc3)cc(-c3cc(-c4ccc(-n5c6ccccc6c6ccc(-c7ccc8c(c7)c7ccccc7n8-c7ccccc7)cc65)cc4)nc(-n4c5ccccc5c5cc(-c6ccc7c(c6)c6ccccc6n7-c6ccccc6)ccc54)n3)c2)cc1. The molecule has 0 unspecified atom stereocenters. The van der Waals surface area contributed by atoms with Crippen LogP contribution in [0.4, 0.5) is 0 Å². The fraction of sp³-hybridized carbons (Fsp3) is 0. The predicted octanol–water partition coefficient (Wildman–Crippen LogP) is 22.9. The van der Waals surface area contributed by atoms with Gasteiger partial charge in [-0.2, -0.15) is 0 Å². The monoisotopic (exact) mass is 1200 g/mol. The van der Waals surface area contributed by atoms with Crippen LogP contribution in [0.1, 0.15) is 0 Å². The van der Waals surface area contributed by atoms with E-state index in [9.17, 15) is 0 Å². The van der Waals surface area contributed by atoms with Crippen molar-refractivity contribution in [2.45, 2.75) is 0 Å². The Labute approximate surface area is 542 Å². The average Bonchev–Trinajstić information content (AvgIpc) is 1.59. The molecule has 438 valence electrons. The van der Waals surface area contributed by atoms with Crippen molar-refractivity contribution in [3.8, 4) is 90.0 Å². The molecule has 0 spiro atoms. The molecule has 0 N–H and O–H groups in total. The third kappa shape index (κ3) is 8.65. The van der Waals surface area contributed by atoms with Gasteiger partial charge < -0.3 is 13.7 Å². The Morgan fingerprint density at radius 3 is 0.936 bits per heavy atom. The van der Waals surface area contributed by atoms with Crippen LogP contribution < -0.4 is 0 Å². The first kappa shape index (κ1) is 53.2. The van der Waals surface area contributed by atoms with E-state index in [0.717, 1.165) is 111 Å². The van der Waals surface area contributed by atoms with Crippen LogP contribution in [-0.2, 0) is 0 Å². The molecule has 0 atom stereocenters. The molecule has 0 fully saturated rings. The van der Waals surface area contributed by atoms with Crippen molar-refractivity contribution in [2.75, 3.05) is 0 Å². The summed E-state index contributed by atoms with van der Waals surface area (Å²) < 4.78 is 9.43. The molecule has 6 heteroatoms. The van der Waals surface area contributed by atoms with Crippen LogP contribution in [0, 0.1) is 0 Å². The molecule has 0 saturated carbocycles. The molecule has 0 amide bonds. The zero-order chi connectivity index (χ0) is 61.8. The van der Waals surface area contributed by atoms with E-state index in [1.165, 1.54) is 59.9 Å². The molecular weight excluding hydrogens is 1140 g/mol. The zero-order valence-corrected chi connectivity index (χ0v) is 51.0. The molecule has 0 bridgehead atoms. The first-order valence-corrected chi connectivity index (χ1v) is 32.1. The standard InChI is InChI=1S/C88H56N6/c1-5-21-57(22-6-1)64-49-65(58-23-7-2-8-24-58)51-66(50-64)79-56-78(89-88(90-79)94-83-36-20-16-32-73(83)77-53-61(42-48-86(77)94)60-40-46-84-75(52-60)71-30-14-18-34-81(71)91(84)67-25-9-3-10-26-67)59-37-43-69(44-38-59)93-80-33-17-13-29-70(80)74-45-39-63(55-87(74)93)62-41-47-85-76(54-62)72-31-15-19-35-82(72)92(85)68-27-11-4-12-28-68/h1-56H. The van der Waals surface area contributed by atoms with Crippen molar-refractivity contribution in [1.29, 1.82) is 0 Å². The van der Waals surface area contributed by atoms with E-state index in [0.29, 0.717) is 5.95 Å². The van der Waals surface area contributed by atoms with Gasteiger partial charge in [-0.1, -0.05) is 212 Å². The summed E-state index contributed by atoms with van der Waals surface area (Å²) in [5.74, 6) is 0.592. The van der Waals surface area contributed by atoms with Gasteiger partial charge in [-0.05, 0) is 172 Å². The maximum absolute atomic E-state index is 5.66. The Morgan fingerprint density at radius 1 is 0.160 bits per heavy atom. The summed E-state index contributed by atoms with van der Waals surface area (Å²) >= 11 is 0. The number of rotatable bonds is 10. The average molecular weight is 1200 g/mol. The van der Waals surface area contributed by atoms with Crippen molar-refractivity contribution >= 4 is 87.2 Å². The fourth-order valence-corrected chi connectivity index (χ4v) is 14.8. The van der Waals surface area contributed by atoms with Crippen molar-refractivity contribution in [1.82, 2.24) is 28.2 Å². The van der Waals surface area contributed by atoms with Gasteiger partial charge in [-0.3, -0.25) is 4.57 Å². The van der Waals surface area contributed by atoms with Crippen LogP contribution in [0.15, 0.2) is 340 Å². The van der Waals surface area contributed by atoms with E-state index in [2.05, 4.69) is 358 Å². The van der Waals surface area contributed by atoms with Crippen molar-refractivity contribution < 1.29 is 0 Å². The van der Waals surface area contributed by atoms with Crippen LogP contribution in [-0.4, -0.2) is 28.2 Å². The normalized spacial score (nSPS) is 11.8. The number of hydrogen-bond acceptors (Lipinski definition) is 2. The zero-order valence-electron chi connectivity index (χ0n) is 51.0. The predicted molar refractivity (Wildman–Crippen MR) is 392 cm³/mol. The van der Waals surface area contributed by atoms with Gasteiger partial charge in [0.05, 0.1) is 55.5 Å². The molecule has 14 aromatic carbocycles.